The minimum Gasteiger partial charge on any atom is -0.438 e. The summed E-state index contributed by atoms with van der Waals surface area (Å²) >= 11 is 0. The first-order chi connectivity index (χ1) is 7.92. The van der Waals surface area contributed by atoms with Crippen molar-refractivity contribution in [2.75, 3.05) is 0 Å². The standard InChI is InChI=1S/C14H16OSi/c15-16-11-14(12-7-3-1-4-8-12)13-9-5-2-6-10-13/h1-10,14-15H,11,16H2. The molecule has 0 bridgehead atoms. The van der Waals surface area contributed by atoms with Crippen LogP contribution in [0.15, 0.2) is 60.7 Å². The summed E-state index contributed by atoms with van der Waals surface area (Å²) in [7, 11) is -0.921. The molecule has 82 valence electrons. The van der Waals surface area contributed by atoms with Crippen molar-refractivity contribution in [3.63, 3.8) is 0 Å². The summed E-state index contributed by atoms with van der Waals surface area (Å²) in [5.41, 5.74) is 2.60. The first kappa shape index (κ1) is 11.1. The molecule has 0 heterocycles. The molecule has 0 aliphatic rings. The fourth-order valence-corrected chi connectivity index (χ4v) is 2.95. The van der Waals surface area contributed by atoms with E-state index >= 15 is 0 Å². The molecule has 2 aromatic rings. The molecule has 0 saturated carbocycles. The van der Waals surface area contributed by atoms with E-state index in [2.05, 4.69) is 48.5 Å². The second-order valence-corrected chi connectivity index (χ2v) is 4.91. The smallest absolute Gasteiger partial charge is 0.157 e. The Morgan fingerprint density at radius 2 is 1.25 bits per heavy atom. The Morgan fingerprint density at radius 3 is 1.62 bits per heavy atom. The van der Waals surface area contributed by atoms with E-state index in [1.807, 2.05) is 12.1 Å². The Hall–Kier alpha value is -1.38. The molecule has 2 heteroatoms. The lowest BCUT2D eigenvalue weighted by Crippen LogP contribution is -2.04. The Morgan fingerprint density at radius 1 is 0.812 bits per heavy atom. The van der Waals surface area contributed by atoms with Crippen LogP contribution in [0, 0.1) is 0 Å². The zero-order chi connectivity index (χ0) is 11.2. The lowest BCUT2D eigenvalue weighted by atomic mass is 9.93. The zero-order valence-electron chi connectivity index (χ0n) is 9.21. The molecule has 0 aliphatic carbocycles. The summed E-state index contributed by atoms with van der Waals surface area (Å²) in [5.74, 6) is 0.360. The van der Waals surface area contributed by atoms with Crippen LogP contribution in [0.5, 0.6) is 0 Å². The summed E-state index contributed by atoms with van der Waals surface area (Å²) < 4.78 is 0. The number of hydrogen-bond donors (Lipinski definition) is 1. The molecule has 0 radical (unpaired) electrons. The number of benzene rings is 2. The van der Waals surface area contributed by atoms with Gasteiger partial charge in [-0.05, 0) is 17.2 Å². The third-order valence-electron chi connectivity index (χ3n) is 2.82. The van der Waals surface area contributed by atoms with Gasteiger partial charge >= 0.3 is 0 Å². The van der Waals surface area contributed by atoms with Gasteiger partial charge in [0.1, 0.15) is 0 Å². The van der Waals surface area contributed by atoms with Gasteiger partial charge in [-0.1, -0.05) is 60.7 Å². The predicted molar refractivity (Wildman–Crippen MR) is 70.3 cm³/mol. The topological polar surface area (TPSA) is 20.2 Å². The van der Waals surface area contributed by atoms with Crippen LogP contribution in [0.4, 0.5) is 0 Å². The highest BCUT2D eigenvalue weighted by Gasteiger charge is 2.12. The third-order valence-corrected chi connectivity index (χ3v) is 3.66. The molecule has 0 amide bonds. The van der Waals surface area contributed by atoms with Crippen molar-refractivity contribution in [3.05, 3.63) is 71.8 Å². The lowest BCUT2D eigenvalue weighted by Gasteiger charge is -2.16. The molecule has 2 rings (SSSR count). The fraction of sp³-hybridized carbons (Fsp3) is 0.143. The van der Waals surface area contributed by atoms with Gasteiger partial charge in [0.15, 0.2) is 9.76 Å². The van der Waals surface area contributed by atoms with E-state index in [-0.39, 0.29) is 0 Å². The normalized spacial score (nSPS) is 11.4. The highest BCUT2D eigenvalue weighted by molar-refractivity contribution is 6.25. The molecular weight excluding hydrogens is 212 g/mol. The monoisotopic (exact) mass is 228 g/mol. The van der Waals surface area contributed by atoms with E-state index in [0.29, 0.717) is 5.92 Å². The lowest BCUT2D eigenvalue weighted by molar-refractivity contribution is 0.594. The molecule has 0 aromatic heterocycles. The van der Waals surface area contributed by atoms with Crippen LogP contribution >= 0.6 is 0 Å². The molecule has 1 N–H and O–H groups in total. The second kappa shape index (κ2) is 5.63. The average Bonchev–Trinajstić information content (AvgIpc) is 2.38. The Bertz CT molecular complexity index is 374. The van der Waals surface area contributed by atoms with Crippen molar-refractivity contribution in [1.82, 2.24) is 0 Å². The summed E-state index contributed by atoms with van der Waals surface area (Å²) in [4.78, 5) is 9.30. The van der Waals surface area contributed by atoms with Crippen LogP contribution in [-0.4, -0.2) is 14.6 Å². The van der Waals surface area contributed by atoms with Crippen LogP contribution in [0.2, 0.25) is 6.04 Å². The largest absolute Gasteiger partial charge is 0.438 e. The van der Waals surface area contributed by atoms with Gasteiger partial charge in [0, 0.05) is 5.92 Å². The highest BCUT2D eigenvalue weighted by atomic mass is 28.2. The van der Waals surface area contributed by atoms with E-state index in [9.17, 15) is 4.80 Å². The Balaban J connectivity index is 2.31. The molecule has 0 aliphatic heterocycles. The van der Waals surface area contributed by atoms with E-state index in [1.54, 1.807) is 0 Å². The SMILES string of the molecule is O[SiH2]CC(c1ccccc1)c1ccccc1. The summed E-state index contributed by atoms with van der Waals surface area (Å²) in [6.45, 7) is 0. The first-order valence-electron chi connectivity index (χ1n) is 5.62. The van der Waals surface area contributed by atoms with Crippen LogP contribution in [0.1, 0.15) is 17.0 Å². The maximum Gasteiger partial charge on any atom is 0.157 e. The van der Waals surface area contributed by atoms with Crippen molar-refractivity contribution in [2.24, 2.45) is 0 Å². The Kier molecular flexibility index (Phi) is 3.91. The van der Waals surface area contributed by atoms with Gasteiger partial charge in [0.05, 0.1) is 0 Å². The molecule has 16 heavy (non-hydrogen) atoms. The van der Waals surface area contributed by atoms with Crippen LogP contribution in [-0.2, 0) is 0 Å². The second-order valence-electron chi connectivity index (χ2n) is 3.89. The molecule has 0 spiro atoms. The number of hydrogen-bond acceptors (Lipinski definition) is 1. The van der Waals surface area contributed by atoms with Crippen LogP contribution in [0.3, 0.4) is 0 Å². The first-order valence-corrected chi connectivity index (χ1v) is 7.26. The van der Waals surface area contributed by atoms with Gasteiger partial charge in [-0.25, -0.2) is 0 Å². The molecule has 1 nitrogen and oxygen atoms in total. The van der Waals surface area contributed by atoms with Crippen molar-refractivity contribution >= 4 is 9.76 Å². The van der Waals surface area contributed by atoms with Crippen LogP contribution in [0.25, 0.3) is 0 Å². The molecule has 0 unspecified atom stereocenters. The van der Waals surface area contributed by atoms with Crippen molar-refractivity contribution < 1.29 is 4.80 Å². The van der Waals surface area contributed by atoms with Crippen LogP contribution < -0.4 is 0 Å². The predicted octanol–water partition coefficient (Wildman–Crippen LogP) is 2.31. The summed E-state index contributed by atoms with van der Waals surface area (Å²) in [6.07, 6.45) is 0. The molecule has 0 atom stereocenters. The van der Waals surface area contributed by atoms with Gasteiger partial charge in [0.25, 0.3) is 0 Å². The van der Waals surface area contributed by atoms with Gasteiger partial charge in [0.2, 0.25) is 0 Å². The average molecular weight is 228 g/mol. The maximum absolute atomic E-state index is 9.30. The van der Waals surface area contributed by atoms with Gasteiger partial charge in [-0.3, -0.25) is 0 Å². The molecule has 0 fully saturated rings. The summed E-state index contributed by atoms with van der Waals surface area (Å²) in [6, 6.07) is 21.8. The molecule has 2 aromatic carbocycles. The minimum absolute atomic E-state index is 0.360. The van der Waals surface area contributed by atoms with Gasteiger partial charge in [-0.2, -0.15) is 0 Å². The number of rotatable bonds is 4. The van der Waals surface area contributed by atoms with E-state index in [0.717, 1.165) is 6.04 Å². The van der Waals surface area contributed by atoms with Gasteiger partial charge in [-0.15, -0.1) is 0 Å². The highest BCUT2D eigenvalue weighted by Crippen LogP contribution is 2.27. The maximum atomic E-state index is 9.30. The molecular formula is C14H16OSi. The minimum atomic E-state index is -0.921. The Labute approximate surface area is 98.7 Å². The summed E-state index contributed by atoms with van der Waals surface area (Å²) in [5, 5.41) is 0. The van der Waals surface area contributed by atoms with Crippen molar-refractivity contribution in [1.29, 1.82) is 0 Å². The van der Waals surface area contributed by atoms with Crippen molar-refractivity contribution in [3.8, 4) is 0 Å². The quantitative estimate of drug-likeness (QED) is 0.796. The fourth-order valence-electron chi connectivity index (χ4n) is 2.03. The van der Waals surface area contributed by atoms with E-state index < -0.39 is 9.76 Å². The third kappa shape index (κ3) is 2.59. The van der Waals surface area contributed by atoms with Crippen molar-refractivity contribution in [2.45, 2.75) is 12.0 Å². The van der Waals surface area contributed by atoms with E-state index in [4.69, 9.17) is 0 Å². The van der Waals surface area contributed by atoms with Gasteiger partial charge < -0.3 is 4.80 Å². The zero-order valence-corrected chi connectivity index (χ0v) is 10.6. The molecule has 0 saturated heterocycles. The van der Waals surface area contributed by atoms with E-state index in [1.165, 1.54) is 11.1 Å².